The van der Waals surface area contributed by atoms with Crippen molar-refractivity contribution in [3.05, 3.63) is 40.4 Å². The molecule has 8 rings (SSSR count). The van der Waals surface area contributed by atoms with Gasteiger partial charge in [0.05, 0.1) is 20.8 Å². The number of carbonyl (C=O) groups excluding carboxylic acids is 1. The van der Waals surface area contributed by atoms with E-state index in [2.05, 4.69) is 14.8 Å². The standard InChI is InChI=1S/C34H33ClF3N7O2S/c1-18(46)44-15-33(16-44)6-2-8-43(14-33)31-21-10-23(35)26(20-4-5-24(37)29-25(20)22(12-39)30(40)48-29)27(38)28(21)41-32(42-31)47-17-34-7-3-9-45(34)13-19(36)11-34/h4-5,10,19H,2-3,6-9,11,13-17,40H2,1H3/t19-,34?/m1/s1. The maximum absolute atomic E-state index is 17.0. The van der Waals surface area contributed by atoms with Gasteiger partial charge in [0, 0.05) is 67.8 Å². The average molecular weight is 696 g/mol. The van der Waals surface area contributed by atoms with Gasteiger partial charge in [-0.25, -0.2) is 13.2 Å². The van der Waals surface area contributed by atoms with Crippen LogP contribution < -0.4 is 15.4 Å². The van der Waals surface area contributed by atoms with Gasteiger partial charge in [0.1, 0.15) is 41.0 Å². The third-order valence-corrected chi connectivity index (χ3v) is 12.1. The van der Waals surface area contributed by atoms with Crippen LogP contribution in [0.2, 0.25) is 5.02 Å². The Labute approximate surface area is 284 Å². The number of anilines is 2. The summed E-state index contributed by atoms with van der Waals surface area (Å²) in [6.45, 7) is 5.41. The van der Waals surface area contributed by atoms with Crippen molar-refractivity contribution in [3.63, 3.8) is 0 Å². The van der Waals surface area contributed by atoms with Gasteiger partial charge in [0.15, 0.2) is 5.82 Å². The first kappa shape index (κ1) is 31.4. The number of ether oxygens (including phenoxy) is 1. The largest absolute Gasteiger partial charge is 0.461 e. The minimum atomic E-state index is -0.942. The molecular weight excluding hydrogens is 663 g/mol. The molecule has 1 unspecified atom stereocenters. The highest BCUT2D eigenvalue weighted by molar-refractivity contribution is 7.23. The number of rotatable bonds is 5. The topological polar surface area (TPSA) is 112 Å². The summed E-state index contributed by atoms with van der Waals surface area (Å²) in [5, 5.41) is 10.6. The number of aromatic nitrogens is 2. The van der Waals surface area contributed by atoms with Gasteiger partial charge >= 0.3 is 6.01 Å². The Morgan fingerprint density at radius 3 is 2.77 bits per heavy atom. The number of hydrogen-bond acceptors (Lipinski definition) is 9. The van der Waals surface area contributed by atoms with Crippen LogP contribution >= 0.6 is 22.9 Å². The van der Waals surface area contributed by atoms with E-state index in [1.165, 1.54) is 12.1 Å². The normalized spacial score (nSPS) is 23.5. The number of nitrogens with two attached hydrogens (primary N) is 1. The molecule has 4 aliphatic heterocycles. The maximum atomic E-state index is 17.0. The molecular formula is C34H33ClF3N7O2S. The van der Waals surface area contributed by atoms with Crippen molar-refractivity contribution in [1.29, 1.82) is 5.26 Å². The zero-order valence-corrected chi connectivity index (χ0v) is 27.9. The first-order valence-electron chi connectivity index (χ1n) is 16.1. The van der Waals surface area contributed by atoms with E-state index in [9.17, 15) is 18.8 Å². The minimum Gasteiger partial charge on any atom is -0.461 e. The number of carbonyl (C=O) groups is 1. The van der Waals surface area contributed by atoms with Crippen LogP contribution in [0.4, 0.5) is 24.0 Å². The van der Waals surface area contributed by atoms with E-state index in [1.807, 2.05) is 11.0 Å². The van der Waals surface area contributed by atoms with E-state index in [4.69, 9.17) is 27.1 Å². The Bertz CT molecular complexity index is 2050. The Morgan fingerprint density at radius 1 is 1.21 bits per heavy atom. The molecule has 4 aromatic rings. The lowest BCUT2D eigenvalue weighted by Crippen LogP contribution is -2.64. The Kier molecular flexibility index (Phi) is 7.43. The summed E-state index contributed by atoms with van der Waals surface area (Å²) < 4.78 is 52.9. The second kappa shape index (κ2) is 11.4. The van der Waals surface area contributed by atoms with Crippen LogP contribution in [0.3, 0.4) is 0 Å². The fraction of sp³-hybridized carbons (Fsp3) is 0.471. The molecule has 1 amide bonds. The number of benzene rings is 2. The number of nitriles is 1. The monoisotopic (exact) mass is 695 g/mol. The summed E-state index contributed by atoms with van der Waals surface area (Å²) in [7, 11) is 0. The zero-order chi connectivity index (χ0) is 33.5. The van der Waals surface area contributed by atoms with E-state index >= 15 is 4.39 Å². The van der Waals surface area contributed by atoms with E-state index in [-0.39, 0.29) is 66.3 Å². The average Bonchev–Trinajstić information content (AvgIpc) is 3.69. The van der Waals surface area contributed by atoms with Crippen molar-refractivity contribution in [1.82, 2.24) is 19.8 Å². The number of nitrogens with zero attached hydrogens (tertiary/aromatic N) is 6. The van der Waals surface area contributed by atoms with Crippen LogP contribution in [0, 0.1) is 28.4 Å². The second-order valence-electron chi connectivity index (χ2n) is 13.8. The third kappa shape index (κ3) is 4.86. The quantitative estimate of drug-likeness (QED) is 0.259. The van der Waals surface area contributed by atoms with Gasteiger partial charge in [-0.1, -0.05) is 17.7 Å². The lowest BCUT2D eigenvalue weighted by Gasteiger charge is -2.54. The van der Waals surface area contributed by atoms with Crippen molar-refractivity contribution in [2.45, 2.75) is 50.7 Å². The van der Waals surface area contributed by atoms with Crippen LogP contribution in [-0.4, -0.2) is 83.3 Å². The van der Waals surface area contributed by atoms with Crippen molar-refractivity contribution in [3.8, 4) is 23.2 Å². The number of nitrogen functional groups attached to an aromatic ring is 1. The number of amides is 1. The minimum absolute atomic E-state index is 0.0338. The van der Waals surface area contributed by atoms with Crippen molar-refractivity contribution in [2.24, 2.45) is 5.41 Å². The summed E-state index contributed by atoms with van der Waals surface area (Å²) in [6, 6.07) is 6.21. The molecule has 4 aliphatic rings. The van der Waals surface area contributed by atoms with Crippen LogP contribution in [0.5, 0.6) is 6.01 Å². The number of likely N-dealkylation sites (tertiary alicyclic amines) is 1. The lowest BCUT2D eigenvalue weighted by molar-refractivity contribution is -0.141. The highest BCUT2D eigenvalue weighted by Crippen LogP contribution is 2.47. The number of thiophene rings is 1. The predicted octanol–water partition coefficient (Wildman–Crippen LogP) is 6.30. The Morgan fingerprint density at radius 2 is 2.00 bits per heavy atom. The molecule has 2 N–H and O–H groups in total. The predicted molar refractivity (Wildman–Crippen MR) is 179 cm³/mol. The number of hydrogen-bond donors (Lipinski definition) is 1. The number of piperidine rings is 1. The SMILES string of the molecule is CC(=O)N1CC2(CCCN(c3nc(OCC45CCCN4C[C@H](F)C5)nc4c(F)c(-c5ccc(F)c6sc(N)c(C#N)c56)c(Cl)cc34)C2)C1. The van der Waals surface area contributed by atoms with Crippen molar-refractivity contribution < 1.29 is 22.7 Å². The van der Waals surface area contributed by atoms with Crippen LogP contribution in [0.15, 0.2) is 18.2 Å². The molecule has 0 bridgehead atoms. The van der Waals surface area contributed by atoms with E-state index < -0.39 is 23.3 Å². The summed E-state index contributed by atoms with van der Waals surface area (Å²) >= 11 is 7.79. The van der Waals surface area contributed by atoms with Gasteiger partial charge in [-0.2, -0.15) is 15.2 Å². The lowest BCUT2D eigenvalue weighted by atomic mass is 9.73. The smallest absolute Gasteiger partial charge is 0.319 e. The van der Waals surface area contributed by atoms with Crippen LogP contribution in [0.25, 0.3) is 32.1 Å². The van der Waals surface area contributed by atoms with Gasteiger partial charge in [0.2, 0.25) is 5.91 Å². The molecule has 250 valence electrons. The molecule has 9 nitrogen and oxygen atoms in total. The molecule has 0 aliphatic carbocycles. The highest BCUT2D eigenvalue weighted by atomic mass is 35.5. The molecule has 0 radical (unpaired) electrons. The van der Waals surface area contributed by atoms with E-state index in [1.54, 1.807) is 13.0 Å². The van der Waals surface area contributed by atoms with Gasteiger partial charge < -0.3 is 20.3 Å². The summed E-state index contributed by atoms with van der Waals surface area (Å²) in [5.41, 5.74) is 5.69. The fourth-order valence-electron chi connectivity index (χ4n) is 8.50. The van der Waals surface area contributed by atoms with Gasteiger partial charge in [-0.05, 0) is 49.9 Å². The molecule has 2 aromatic heterocycles. The van der Waals surface area contributed by atoms with Gasteiger partial charge in [-0.3, -0.25) is 9.69 Å². The fourth-order valence-corrected chi connectivity index (χ4v) is 9.74. The third-order valence-electron chi connectivity index (χ3n) is 10.7. The first-order valence-corrected chi connectivity index (χ1v) is 17.3. The molecule has 2 aromatic carbocycles. The Hall–Kier alpha value is -3.86. The van der Waals surface area contributed by atoms with Crippen LogP contribution in [0.1, 0.15) is 44.6 Å². The van der Waals surface area contributed by atoms with Crippen molar-refractivity contribution in [2.75, 3.05) is 56.5 Å². The Balaban J connectivity index is 1.26. The summed E-state index contributed by atoms with van der Waals surface area (Å²) in [4.78, 5) is 27.5. The van der Waals surface area contributed by atoms with Crippen molar-refractivity contribution >= 4 is 60.7 Å². The van der Waals surface area contributed by atoms with Crippen LogP contribution in [-0.2, 0) is 4.79 Å². The molecule has 14 heteroatoms. The zero-order valence-electron chi connectivity index (χ0n) is 26.3. The maximum Gasteiger partial charge on any atom is 0.319 e. The highest BCUT2D eigenvalue weighted by Gasteiger charge is 2.50. The molecule has 0 saturated carbocycles. The molecule has 48 heavy (non-hydrogen) atoms. The number of alkyl halides is 1. The number of halogens is 4. The van der Waals surface area contributed by atoms with Gasteiger partial charge in [-0.15, -0.1) is 11.3 Å². The first-order chi connectivity index (χ1) is 23.0. The van der Waals surface area contributed by atoms with Gasteiger partial charge in [0.25, 0.3) is 0 Å². The second-order valence-corrected chi connectivity index (χ2v) is 15.2. The number of fused-ring (bicyclic) bond motifs is 3. The molecule has 2 atom stereocenters. The molecule has 1 spiro atoms. The summed E-state index contributed by atoms with van der Waals surface area (Å²) in [6.07, 6.45) is 2.94. The summed E-state index contributed by atoms with van der Waals surface area (Å²) in [5.74, 6) is -0.853. The van der Waals surface area contributed by atoms with E-state index in [0.29, 0.717) is 50.3 Å². The molecule has 6 heterocycles. The molecule has 4 fully saturated rings. The molecule has 4 saturated heterocycles. The van der Waals surface area contributed by atoms with E-state index in [0.717, 1.165) is 43.6 Å².